The van der Waals surface area contributed by atoms with Crippen molar-refractivity contribution in [2.75, 3.05) is 6.54 Å². The molecule has 0 aromatic carbocycles. The number of aliphatic hydroxyl groups is 1. The van der Waals surface area contributed by atoms with Crippen molar-refractivity contribution in [3.05, 3.63) is 5.21 Å². The van der Waals surface area contributed by atoms with Crippen molar-refractivity contribution in [3.63, 3.8) is 0 Å². The molecule has 0 heterocycles. The highest BCUT2D eigenvalue weighted by Crippen LogP contribution is 1.81. The molecule has 1 unspecified atom stereocenters. The van der Waals surface area contributed by atoms with Gasteiger partial charge in [0.15, 0.2) is 0 Å². The van der Waals surface area contributed by atoms with Gasteiger partial charge in [0.05, 0.1) is 12.6 Å². The van der Waals surface area contributed by atoms with E-state index in [1.165, 1.54) is 0 Å². The van der Waals surface area contributed by atoms with Crippen LogP contribution >= 0.6 is 0 Å². The summed E-state index contributed by atoms with van der Waals surface area (Å²) < 4.78 is 0. The third-order valence-electron chi connectivity index (χ3n) is 0.702. The topological polar surface area (TPSA) is 59.9 Å². The maximum atomic E-state index is 9.60. The number of rotatable bonds is 3. The van der Waals surface area contributed by atoms with Gasteiger partial charge in [-0.15, -0.1) is 0 Å². The Kier molecular flexibility index (Phi) is 3.98. The van der Waals surface area contributed by atoms with Crippen molar-refractivity contribution in [1.29, 1.82) is 0 Å². The summed E-state index contributed by atoms with van der Waals surface area (Å²) in [7, 11) is 0. The van der Waals surface area contributed by atoms with E-state index in [2.05, 4.69) is 0 Å². The van der Waals surface area contributed by atoms with Crippen LogP contribution in [0.4, 0.5) is 0 Å². The minimum Gasteiger partial charge on any atom is -0.636 e. The molecule has 7 heavy (non-hydrogen) atoms. The molecule has 3 nitrogen and oxygen atoms in total. The van der Waals surface area contributed by atoms with Crippen LogP contribution in [-0.4, -0.2) is 17.8 Å². The minimum absolute atomic E-state index is 0.329. The first-order valence-electron chi connectivity index (χ1n) is 2.39. The van der Waals surface area contributed by atoms with E-state index in [0.29, 0.717) is 13.0 Å². The Morgan fingerprint density at radius 3 is 2.57 bits per heavy atom. The fourth-order valence-electron chi connectivity index (χ4n) is 0.309. The first-order chi connectivity index (χ1) is 3.27. The molecule has 0 saturated carbocycles. The zero-order chi connectivity index (χ0) is 5.70. The fourth-order valence-corrected chi connectivity index (χ4v) is 0.309. The van der Waals surface area contributed by atoms with Crippen LogP contribution in [0.15, 0.2) is 0 Å². The molecule has 0 bridgehead atoms. The molecule has 0 rings (SSSR count). The highest BCUT2D eigenvalue weighted by atomic mass is 16.5. The second-order valence-corrected chi connectivity index (χ2v) is 1.59. The van der Waals surface area contributed by atoms with Crippen molar-refractivity contribution >= 4 is 0 Å². The number of quaternary nitrogens is 1. The Bertz CT molecular complexity index is 38.7. The van der Waals surface area contributed by atoms with Crippen molar-refractivity contribution in [3.8, 4) is 0 Å². The van der Waals surface area contributed by atoms with Crippen LogP contribution in [-0.2, 0) is 0 Å². The van der Waals surface area contributed by atoms with E-state index in [9.17, 15) is 5.21 Å². The molecule has 0 aliphatic rings. The van der Waals surface area contributed by atoms with Crippen LogP contribution < -0.4 is 5.48 Å². The van der Waals surface area contributed by atoms with Gasteiger partial charge in [0.25, 0.3) is 0 Å². The molecule has 1 atom stereocenters. The molecule has 0 aliphatic carbocycles. The summed E-state index contributed by atoms with van der Waals surface area (Å²) in [4.78, 5) is 0. The van der Waals surface area contributed by atoms with Crippen molar-refractivity contribution in [2.45, 2.75) is 19.4 Å². The molecule has 0 radical (unpaired) electrons. The van der Waals surface area contributed by atoms with Crippen LogP contribution in [0.5, 0.6) is 0 Å². The lowest BCUT2D eigenvalue weighted by Gasteiger charge is -2.02. The zero-order valence-electron chi connectivity index (χ0n) is 4.42. The van der Waals surface area contributed by atoms with Gasteiger partial charge in [0, 0.05) is 6.42 Å². The van der Waals surface area contributed by atoms with Gasteiger partial charge in [-0.2, -0.15) is 0 Å². The molecule has 0 fully saturated rings. The van der Waals surface area contributed by atoms with Gasteiger partial charge in [-0.05, 0) is 6.92 Å². The van der Waals surface area contributed by atoms with Crippen molar-refractivity contribution in [2.24, 2.45) is 0 Å². The predicted octanol–water partition coefficient (Wildman–Crippen LogP) is -1.18. The normalized spacial score (nSPS) is 14.1. The van der Waals surface area contributed by atoms with Gasteiger partial charge in [-0.3, -0.25) is 0 Å². The van der Waals surface area contributed by atoms with E-state index in [0.717, 1.165) is 5.48 Å². The molecule has 3 N–H and O–H groups in total. The standard InChI is InChI=1S/C4H11NO2/c1-4(6)2-3-5-7/h4,6H,2-3,5H2,1H3. The van der Waals surface area contributed by atoms with Gasteiger partial charge >= 0.3 is 0 Å². The molecule has 0 aliphatic heterocycles. The van der Waals surface area contributed by atoms with Gasteiger partial charge in [-0.1, -0.05) is 0 Å². The van der Waals surface area contributed by atoms with E-state index >= 15 is 0 Å². The molecular formula is C4H11NO2. The summed E-state index contributed by atoms with van der Waals surface area (Å²) in [6.45, 7) is 2.14. The maximum absolute atomic E-state index is 9.60. The van der Waals surface area contributed by atoms with Crippen LogP contribution in [0.25, 0.3) is 0 Å². The predicted molar refractivity (Wildman–Crippen MR) is 26.5 cm³/mol. The lowest BCUT2D eigenvalue weighted by Crippen LogP contribution is -2.77. The third-order valence-corrected chi connectivity index (χ3v) is 0.702. The van der Waals surface area contributed by atoms with Gasteiger partial charge in [-0.25, -0.2) is 0 Å². The fraction of sp³-hybridized carbons (Fsp3) is 1.00. The summed E-state index contributed by atoms with van der Waals surface area (Å²) in [5.41, 5.74) is 0.812. The Balaban J connectivity index is 2.68. The highest BCUT2D eigenvalue weighted by molar-refractivity contribution is 4.40. The monoisotopic (exact) mass is 105 g/mol. The van der Waals surface area contributed by atoms with E-state index in [4.69, 9.17) is 5.11 Å². The lowest BCUT2D eigenvalue weighted by molar-refractivity contribution is -0.590. The zero-order valence-corrected chi connectivity index (χ0v) is 4.42. The molecule has 3 heteroatoms. The first kappa shape index (κ1) is 6.88. The van der Waals surface area contributed by atoms with Gasteiger partial charge < -0.3 is 15.8 Å². The van der Waals surface area contributed by atoms with E-state index in [-0.39, 0.29) is 6.10 Å². The molecule has 0 aromatic heterocycles. The summed E-state index contributed by atoms with van der Waals surface area (Å²) >= 11 is 0. The number of aliphatic hydroxyl groups excluding tert-OH is 1. The maximum Gasteiger partial charge on any atom is 0.0777 e. The number of nitrogens with two attached hydrogens (primary N) is 1. The first-order valence-corrected chi connectivity index (χ1v) is 2.39. The molecule has 44 valence electrons. The van der Waals surface area contributed by atoms with Crippen LogP contribution in [0.3, 0.4) is 0 Å². The van der Waals surface area contributed by atoms with Gasteiger partial charge in [0.1, 0.15) is 0 Å². The Morgan fingerprint density at radius 1 is 1.86 bits per heavy atom. The largest absolute Gasteiger partial charge is 0.636 e. The molecule has 0 amide bonds. The smallest absolute Gasteiger partial charge is 0.0777 e. The van der Waals surface area contributed by atoms with Crippen LogP contribution in [0, 0.1) is 5.21 Å². The summed E-state index contributed by atoms with van der Waals surface area (Å²) in [5, 5.41) is 18.1. The van der Waals surface area contributed by atoms with E-state index in [1.54, 1.807) is 6.92 Å². The molecule has 0 spiro atoms. The molecule has 0 aromatic rings. The van der Waals surface area contributed by atoms with Gasteiger partial charge in [0.2, 0.25) is 0 Å². The minimum atomic E-state index is -0.329. The average Bonchev–Trinajstić information content (AvgIpc) is 1.61. The second-order valence-electron chi connectivity index (χ2n) is 1.59. The number of hydrogen-bond acceptors (Lipinski definition) is 2. The third kappa shape index (κ3) is 5.88. The molecular weight excluding hydrogens is 94.0 g/mol. The Morgan fingerprint density at radius 2 is 2.43 bits per heavy atom. The Labute approximate surface area is 42.9 Å². The van der Waals surface area contributed by atoms with Crippen molar-refractivity contribution < 1.29 is 10.6 Å². The van der Waals surface area contributed by atoms with E-state index < -0.39 is 0 Å². The van der Waals surface area contributed by atoms with Crippen molar-refractivity contribution in [1.82, 2.24) is 0 Å². The average molecular weight is 105 g/mol. The summed E-state index contributed by atoms with van der Waals surface area (Å²) in [6.07, 6.45) is 0.258. The Hall–Kier alpha value is -0.120. The number of hydrogen-bond donors (Lipinski definition) is 2. The second kappa shape index (κ2) is 4.05. The van der Waals surface area contributed by atoms with Crippen LogP contribution in [0.1, 0.15) is 13.3 Å². The quantitative estimate of drug-likeness (QED) is 0.444. The number of hydroxylamine groups is 1. The van der Waals surface area contributed by atoms with Crippen LogP contribution in [0.2, 0.25) is 0 Å². The SMILES string of the molecule is CC(O)CC[NH2+][O-]. The molecule has 0 saturated heterocycles. The summed E-state index contributed by atoms with van der Waals surface area (Å²) in [5.74, 6) is 0. The summed E-state index contributed by atoms with van der Waals surface area (Å²) in [6, 6.07) is 0. The van der Waals surface area contributed by atoms with E-state index in [1.807, 2.05) is 0 Å². The lowest BCUT2D eigenvalue weighted by atomic mass is 10.3. The highest BCUT2D eigenvalue weighted by Gasteiger charge is 1.91.